The number of benzene rings is 2. The minimum Gasteiger partial charge on any atom is -0.443 e. The van der Waals surface area contributed by atoms with E-state index in [4.69, 9.17) is 4.42 Å². The summed E-state index contributed by atoms with van der Waals surface area (Å²) in [5.74, 6) is -0.136. The Kier molecular flexibility index (Phi) is 5.26. The first kappa shape index (κ1) is 16.7. The molecule has 3 rings (SSSR count). The fourth-order valence-electron chi connectivity index (χ4n) is 2.96. The highest BCUT2D eigenvalue weighted by Crippen LogP contribution is 2.15. The van der Waals surface area contributed by atoms with Crippen LogP contribution in [0, 0.1) is 12.7 Å². The molecule has 2 aromatic carbocycles. The summed E-state index contributed by atoms with van der Waals surface area (Å²) in [6, 6.07) is 11.9. The fraction of sp³-hybridized carbons (Fsp3) is 0.350. The predicted molar refractivity (Wildman–Crippen MR) is 94.6 cm³/mol. The average molecular weight is 326 g/mol. The Labute approximate surface area is 141 Å². The Morgan fingerprint density at radius 2 is 2.00 bits per heavy atom. The van der Waals surface area contributed by atoms with E-state index in [1.54, 1.807) is 6.07 Å². The number of hydrogen-bond donors (Lipinski definition) is 1. The van der Waals surface area contributed by atoms with Gasteiger partial charge in [0.1, 0.15) is 11.3 Å². The molecule has 1 aromatic heterocycles. The van der Waals surface area contributed by atoms with Crippen LogP contribution in [0.1, 0.15) is 30.0 Å². The predicted octanol–water partition coefficient (Wildman–Crippen LogP) is 4.43. The van der Waals surface area contributed by atoms with E-state index in [2.05, 4.69) is 29.4 Å². The van der Waals surface area contributed by atoms with E-state index in [0.717, 1.165) is 36.9 Å². The number of nitrogens with zero attached hydrogens (tertiary/aromatic N) is 1. The normalized spacial score (nSPS) is 12.6. The molecule has 1 atom stereocenters. The van der Waals surface area contributed by atoms with Crippen LogP contribution in [0.4, 0.5) is 4.39 Å². The van der Waals surface area contributed by atoms with E-state index in [-0.39, 0.29) is 5.82 Å². The van der Waals surface area contributed by atoms with Crippen molar-refractivity contribution in [3.05, 3.63) is 65.3 Å². The molecule has 1 N–H and O–H groups in total. The second kappa shape index (κ2) is 7.58. The van der Waals surface area contributed by atoms with Gasteiger partial charge in [-0.25, -0.2) is 9.37 Å². The molecule has 0 bridgehead atoms. The van der Waals surface area contributed by atoms with Gasteiger partial charge in [0.15, 0.2) is 12.0 Å². The molecule has 0 aliphatic heterocycles. The number of hydrogen-bond acceptors (Lipinski definition) is 3. The van der Waals surface area contributed by atoms with Gasteiger partial charge >= 0.3 is 0 Å². The van der Waals surface area contributed by atoms with Crippen molar-refractivity contribution in [3.63, 3.8) is 0 Å². The van der Waals surface area contributed by atoms with Gasteiger partial charge in [-0.05, 0) is 74.5 Å². The molecule has 0 fully saturated rings. The second-order valence-electron chi connectivity index (χ2n) is 6.40. The molecule has 1 unspecified atom stereocenters. The highest BCUT2D eigenvalue weighted by molar-refractivity contribution is 5.72. The summed E-state index contributed by atoms with van der Waals surface area (Å²) < 4.78 is 18.6. The van der Waals surface area contributed by atoms with Crippen LogP contribution in [0.25, 0.3) is 11.1 Å². The van der Waals surface area contributed by atoms with E-state index in [9.17, 15) is 4.39 Å². The van der Waals surface area contributed by atoms with Crippen LogP contribution in [0.5, 0.6) is 0 Å². The Morgan fingerprint density at radius 3 is 2.83 bits per heavy atom. The smallest absolute Gasteiger partial charge is 0.181 e. The van der Waals surface area contributed by atoms with Crippen LogP contribution in [-0.4, -0.2) is 17.6 Å². The van der Waals surface area contributed by atoms with Gasteiger partial charge in [-0.2, -0.15) is 0 Å². The number of rotatable bonds is 7. The molecule has 4 heteroatoms. The fourth-order valence-corrected chi connectivity index (χ4v) is 2.96. The molecule has 0 amide bonds. The van der Waals surface area contributed by atoms with Crippen molar-refractivity contribution in [1.29, 1.82) is 0 Å². The SMILES string of the molecule is Cc1cc(CC(C)NCCCc2ccc3ncoc3c2)ccc1F. The number of oxazole rings is 1. The molecule has 0 saturated carbocycles. The van der Waals surface area contributed by atoms with Crippen molar-refractivity contribution in [2.75, 3.05) is 6.54 Å². The second-order valence-corrected chi connectivity index (χ2v) is 6.40. The first-order valence-corrected chi connectivity index (χ1v) is 8.42. The average Bonchev–Trinajstić information content (AvgIpc) is 3.03. The summed E-state index contributed by atoms with van der Waals surface area (Å²) in [5.41, 5.74) is 4.90. The van der Waals surface area contributed by atoms with Gasteiger partial charge in [-0.15, -0.1) is 0 Å². The van der Waals surface area contributed by atoms with Crippen LogP contribution in [0.2, 0.25) is 0 Å². The third-order valence-electron chi connectivity index (χ3n) is 4.29. The lowest BCUT2D eigenvalue weighted by molar-refractivity contribution is 0.533. The first-order chi connectivity index (χ1) is 11.6. The molecule has 3 nitrogen and oxygen atoms in total. The number of halogens is 1. The van der Waals surface area contributed by atoms with Crippen molar-refractivity contribution >= 4 is 11.1 Å². The molecule has 0 radical (unpaired) electrons. The van der Waals surface area contributed by atoms with Crippen LogP contribution in [-0.2, 0) is 12.8 Å². The van der Waals surface area contributed by atoms with Gasteiger partial charge in [0.25, 0.3) is 0 Å². The largest absolute Gasteiger partial charge is 0.443 e. The molecular formula is C20H23FN2O. The molecule has 3 aromatic rings. The van der Waals surface area contributed by atoms with E-state index in [1.807, 2.05) is 25.1 Å². The minimum atomic E-state index is -0.136. The number of aryl methyl sites for hydroxylation is 2. The van der Waals surface area contributed by atoms with Gasteiger partial charge in [0.2, 0.25) is 0 Å². The van der Waals surface area contributed by atoms with Gasteiger partial charge in [-0.3, -0.25) is 0 Å². The lowest BCUT2D eigenvalue weighted by Gasteiger charge is -2.14. The monoisotopic (exact) mass is 326 g/mol. The standard InChI is InChI=1S/C20H23FN2O/c1-14-10-17(5-7-18(14)21)11-15(2)22-9-3-4-16-6-8-19-20(12-16)24-13-23-19/h5-8,10,12-13,15,22H,3-4,9,11H2,1-2H3. The van der Waals surface area contributed by atoms with Crippen molar-refractivity contribution in [2.24, 2.45) is 0 Å². The molecule has 0 spiro atoms. The number of fused-ring (bicyclic) bond motifs is 1. The summed E-state index contributed by atoms with van der Waals surface area (Å²) in [6.07, 6.45) is 4.46. The van der Waals surface area contributed by atoms with Crippen LogP contribution in [0.3, 0.4) is 0 Å². The zero-order chi connectivity index (χ0) is 16.9. The molecular weight excluding hydrogens is 303 g/mol. The van der Waals surface area contributed by atoms with Crippen LogP contribution < -0.4 is 5.32 Å². The Hall–Kier alpha value is -2.20. The molecule has 24 heavy (non-hydrogen) atoms. The van der Waals surface area contributed by atoms with Crippen molar-refractivity contribution in [3.8, 4) is 0 Å². The zero-order valence-corrected chi connectivity index (χ0v) is 14.2. The van der Waals surface area contributed by atoms with Crippen LogP contribution in [0.15, 0.2) is 47.2 Å². The summed E-state index contributed by atoms with van der Waals surface area (Å²) in [7, 11) is 0. The van der Waals surface area contributed by atoms with Crippen molar-refractivity contribution < 1.29 is 8.81 Å². The summed E-state index contributed by atoms with van der Waals surface area (Å²) in [4.78, 5) is 4.13. The molecule has 0 saturated heterocycles. The minimum absolute atomic E-state index is 0.136. The van der Waals surface area contributed by atoms with Gasteiger partial charge in [0.05, 0.1) is 0 Å². The summed E-state index contributed by atoms with van der Waals surface area (Å²) in [6.45, 7) is 4.93. The van der Waals surface area contributed by atoms with E-state index in [0.29, 0.717) is 11.6 Å². The Balaban J connectivity index is 1.43. The van der Waals surface area contributed by atoms with Gasteiger partial charge in [0, 0.05) is 6.04 Å². The van der Waals surface area contributed by atoms with Crippen LogP contribution >= 0.6 is 0 Å². The lowest BCUT2D eigenvalue weighted by Crippen LogP contribution is -2.29. The van der Waals surface area contributed by atoms with E-state index in [1.165, 1.54) is 17.5 Å². The van der Waals surface area contributed by atoms with Crippen molar-refractivity contribution in [2.45, 2.75) is 39.2 Å². The lowest BCUT2D eigenvalue weighted by atomic mass is 10.0. The maximum absolute atomic E-state index is 13.3. The molecule has 1 heterocycles. The summed E-state index contributed by atoms with van der Waals surface area (Å²) >= 11 is 0. The number of aromatic nitrogens is 1. The molecule has 0 aliphatic rings. The summed E-state index contributed by atoms with van der Waals surface area (Å²) in [5, 5.41) is 3.54. The third-order valence-corrected chi connectivity index (χ3v) is 4.29. The maximum Gasteiger partial charge on any atom is 0.181 e. The topological polar surface area (TPSA) is 38.1 Å². The maximum atomic E-state index is 13.3. The Morgan fingerprint density at radius 1 is 1.17 bits per heavy atom. The first-order valence-electron chi connectivity index (χ1n) is 8.42. The molecule has 0 aliphatic carbocycles. The number of nitrogens with one attached hydrogen (secondary N) is 1. The highest BCUT2D eigenvalue weighted by atomic mass is 19.1. The van der Waals surface area contributed by atoms with Crippen molar-refractivity contribution in [1.82, 2.24) is 10.3 Å². The van der Waals surface area contributed by atoms with Gasteiger partial charge in [-0.1, -0.05) is 18.2 Å². The quantitative estimate of drug-likeness (QED) is 0.653. The van der Waals surface area contributed by atoms with E-state index < -0.39 is 0 Å². The third kappa shape index (κ3) is 4.20. The van der Waals surface area contributed by atoms with E-state index >= 15 is 0 Å². The molecule has 126 valence electrons. The van der Waals surface area contributed by atoms with Gasteiger partial charge < -0.3 is 9.73 Å². The highest BCUT2D eigenvalue weighted by Gasteiger charge is 2.05. The zero-order valence-electron chi connectivity index (χ0n) is 14.2. The Bertz CT molecular complexity index is 812.